The number of amides is 2. The number of aromatic nitrogens is 2. The van der Waals surface area contributed by atoms with Gasteiger partial charge in [0.25, 0.3) is 0 Å². The summed E-state index contributed by atoms with van der Waals surface area (Å²) in [5, 5.41) is 6.46. The van der Waals surface area contributed by atoms with Crippen LogP contribution in [0.25, 0.3) is 0 Å². The Balaban J connectivity index is 1.92. The van der Waals surface area contributed by atoms with Gasteiger partial charge in [-0.25, -0.2) is 19.1 Å². The maximum Gasteiger partial charge on any atom is 0.332 e. The number of halogens is 2. The Hall–Kier alpha value is -3.23. The number of carbonyl (C=O) groups is 1. The lowest BCUT2D eigenvalue weighted by molar-refractivity contribution is 0.190. The van der Waals surface area contributed by atoms with E-state index in [1.54, 1.807) is 37.4 Å². The van der Waals surface area contributed by atoms with Gasteiger partial charge in [0, 0.05) is 36.1 Å². The van der Waals surface area contributed by atoms with Crippen molar-refractivity contribution in [3.63, 3.8) is 0 Å². The number of nitrogens with zero attached hydrogens (tertiary/aromatic N) is 3. The van der Waals surface area contributed by atoms with E-state index in [1.807, 2.05) is 6.92 Å². The van der Waals surface area contributed by atoms with Crippen molar-refractivity contribution in [2.75, 3.05) is 29.3 Å². The molecule has 0 aliphatic rings. The van der Waals surface area contributed by atoms with Gasteiger partial charge in [0.05, 0.1) is 12.3 Å². The average Bonchev–Trinajstić information content (AvgIpc) is 2.72. The summed E-state index contributed by atoms with van der Waals surface area (Å²) in [6.07, 6.45) is 1.54. The molecule has 0 saturated heterocycles. The quantitative estimate of drug-likeness (QED) is 0.547. The van der Waals surface area contributed by atoms with E-state index in [4.69, 9.17) is 16.3 Å². The summed E-state index contributed by atoms with van der Waals surface area (Å²) >= 11 is 5.91. The fourth-order valence-electron chi connectivity index (χ4n) is 2.71. The number of methoxy groups -OCH3 is 1. The predicted octanol–water partition coefficient (Wildman–Crippen LogP) is 5.09. The number of ether oxygens (including phenoxy) is 1. The SMILES string of the molecule is COC[C@H](C)Nc1nccc(N(C(=O)Nc2ccc(Cl)cc2)c2ccc(F)cc2)n1. The molecule has 0 fully saturated rings. The number of hydrogen-bond acceptors (Lipinski definition) is 5. The molecule has 0 radical (unpaired) electrons. The van der Waals surface area contributed by atoms with Gasteiger partial charge in [-0.15, -0.1) is 0 Å². The van der Waals surface area contributed by atoms with Gasteiger partial charge in [0.15, 0.2) is 0 Å². The van der Waals surface area contributed by atoms with Crippen molar-refractivity contribution in [1.29, 1.82) is 0 Å². The van der Waals surface area contributed by atoms with Crippen molar-refractivity contribution in [1.82, 2.24) is 9.97 Å². The Morgan fingerprint density at radius 2 is 1.87 bits per heavy atom. The first-order valence-electron chi connectivity index (χ1n) is 9.17. The van der Waals surface area contributed by atoms with Crippen molar-refractivity contribution >= 4 is 40.8 Å². The van der Waals surface area contributed by atoms with Crippen LogP contribution in [0, 0.1) is 5.82 Å². The second kappa shape index (κ2) is 10.00. The highest BCUT2D eigenvalue weighted by atomic mass is 35.5. The van der Waals surface area contributed by atoms with E-state index < -0.39 is 11.8 Å². The average molecular weight is 430 g/mol. The highest BCUT2D eigenvalue weighted by molar-refractivity contribution is 6.30. The summed E-state index contributed by atoms with van der Waals surface area (Å²) in [4.78, 5) is 23.1. The second-order valence-corrected chi connectivity index (χ2v) is 6.92. The summed E-state index contributed by atoms with van der Waals surface area (Å²) in [6.45, 7) is 2.39. The van der Waals surface area contributed by atoms with Crippen LogP contribution < -0.4 is 15.5 Å². The Morgan fingerprint density at radius 1 is 1.17 bits per heavy atom. The van der Waals surface area contributed by atoms with Crippen LogP contribution in [-0.2, 0) is 4.74 Å². The number of anilines is 4. The third-order valence-corrected chi connectivity index (χ3v) is 4.30. The number of nitrogens with one attached hydrogen (secondary N) is 2. The Kier molecular flexibility index (Phi) is 7.16. The molecule has 0 bridgehead atoms. The maximum absolute atomic E-state index is 13.4. The molecule has 0 saturated carbocycles. The third-order valence-electron chi connectivity index (χ3n) is 4.05. The van der Waals surface area contributed by atoms with E-state index in [1.165, 1.54) is 35.4 Å². The largest absolute Gasteiger partial charge is 0.383 e. The van der Waals surface area contributed by atoms with Gasteiger partial charge in [-0.05, 0) is 55.5 Å². The van der Waals surface area contributed by atoms with Crippen molar-refractivity contribution in [2.45, 2.75) is 13.0 Å². The predicted molar refractivity (Wildman–Crippen MR) is 116 cm³/mol. The lowest BCUT2D eigenvalue weighted by atomic mass is 10.2. The van der Waals surface area contributed by atoms with Crippen LogP contribution >= 0.6 is 11.6 Å². The molecule has 2 N–H and O–H groups in total. The summed E-state index contributed by atoms with van der Waals surface area (Å²) in [5.41, 5.74) is 0.995. The van der Waals surface area contributed by atoms with Gasteiger partial charge < -0.3 is 15.4 Å². The van der Waals surface area contributed by atoms with E-state index in [0.29, 0.717) is 34.8 Å². The van der Waals surface area contributed by atoms with Gasteiger partial charge in [-0.1, -0.05) is 11.6 Å². The first-order chi connectivity index (χ1) is 14.5. The van der Waals surface area contributed by atoms with E-state index in [2.05, 4.69) is 20.6 Å². The fraction of sp³-hybridized carbons (Fsp3) is 0.190. The maximum atomic E-state index is 13.4. The molecule has 2 aromatic carbocycles. The van der Waals surface area contributed by atoms with Crippen molar-refractivity contribution in [3.05, 3.63) is 71.6 Å². The van der Waals surface area contributed by atoms with E-state index in [-0.39, 0.29) is 6.04 Å². The zero-order valence-electron chi connectivity index (χ0n) is 16.5. The van der Waals surface area contributed by atoms with Crippen LogP contribution in [-0.4, -0.2) is 35.8 Å². The lowest BCUT2D eigenvalue weighted by Gasteiger charge is -2.23. The van der Waals surface area contributed by atoms with Crippen LogP contribution in [0.4, 0.5) is 32.3 Å². The van der Waals surface area contributed by atoms with Gasteiger partial charge >= 0.3 is 6.03 Å². The standard InChI is InChI=1S/C21H21ClFN5O2/c1-14(13-30-2)25-20-24-12-11-19(27-20)28(18-9-5-16(23)6-10-18)21(29)26-17-7-3-15(22)4-8-17/h3-12,14H,13H2,1-2H3,(H,26,29)(H,24,25,27)/t14-/m0/s1. The lowest BCUT2D eigenvalue weighted by Crippen LogP contribution is -2.32. The number of carbonyl (C=O) groups excluding carboxylic acids is 1. The van der Waals surface area contributed by atoms with Gasteiger partial charge in [0.1, 0.15) is 11.6 Å². The summed E-state index contributed by atoms with van der Waals surface area (Å²) in [6, 6.07) is 13.3. The molecule has 30 heavy (non-hydrogen) atoms. The summed E-state index contributed by atoms with van der Waals surface area (Å²) < 4.78 is 18.5. The van der Waals surface area contributed by atoms with Crippen LogP contribution in [0.3, 0.4) is 0 Å². The molecule has 0 aliphatic carbocycles. The van der Waals surface area contributed by atoms with Crippen molar-refractivity contribution < 1.29 is 13.9 Å². The molecule has 9 heteroatoms. The van der Waals surface area contributed by atoms with E-state index in [9.17, 15) is 9.18 Å². The molecular weight excluding hydrogens is 409 g/mol. The zero-order chi connectivity index (χ0) is 21.5. The molecule has 0 aliphatic heterocycles. The Bertz CT molecular complexity index is 985. The number of benzene rings is 2. The van der Waals surface area contributed by atoms with Crippen molar-refractivity contribution in [3.8, 4) is 0 Å². The number of rotatable bonds is 7. The third kappa shape index (κ3) is 5.65. The van der Waals surface area contributed by atoms with Crippen LogP contribution in [0.15, 0.2) is 60.8 Å². The molecule has 7 nitrogen and oxygen atoms in total. The molecule has 0 spiro atoms. The normalized spacial score (nSPS) is 11.6. The minimum absolute atomic E-state index is 0.0348. The van der Waals surface area contributed by atoms with Gasteiger partial charge in [-0.2, -0.15) is 4.98 Å². The van der Waals surface area contributed by atoms with Crippen LogP contribution in [0.2, 0.25) is 5.02 Å². The molecule has 3 aromatic rings. The number of urea groups is 1. The highest BCUT2D eigenvalue weighted by Crippen LogP contribution is 2.26. The molecular formula is C21H21ClFN5O2. The molecule has 0 unspecified atom stereocenters. The molecule has 1 aromatic heterocycles. The first kappa shape index (κ1) is 21.5. The molecule has 1 heterocycles. The van der Waals surface area contributed by atoms with Crippen LogP contribution in [0.1, 0.15) is 6.92 Å². The zero-order valence-corrected chi connectivity index (χ0v) is 17.2. The Morgan fingerprint density at radius 3 is 2.53 bits per heavy atom. The van der Waals surface area contributed by atoms with E-state index in [0.717, 1.165) is 0 Å². The van der Waals surface area contributed by atoms with Crippen molar-refractivity contribution in [2.24, 2.45) is 0 Å². The smallest absolute Gasteiger partial charge is 0.332 e. The molecule has 2 amide bonds. The Labute approximate surface area is 178 Å². The monoisotopic (exact) mass is 429 g/mol. The summed E-state index contributed by atoms with van der Waals surface area (Å²) in [7, 11) is 1.60. The first-order valence-corrected chi connectivity index (χ1v) is 9.55. The fourth-order valence-corrected chi connectivity index (χ4v) is 2.84. The highest BCUT2D eigenvalue weighted by Gasteiger charge is 2.21. The summed E-state index contributed by atoms with van der Waals surface area (Å²) in [5.74, 6) is 0.244. The van der Waals surface area contributed by atoms with E-state index >= 15 is 0 Å². The molecule has 3 rings (SSSR count). The minimum Gasteiger partial charge on any atom is -0.383 e. The van der Waals surface area contributed by atoms with Crippen LogP contribution in [0.5, 0.6) is 0 Å². The van der Waals surface area contributed by atoms with Gasteiger partial charge in [-0.3, -0.25) is 0 Å². The molecule has 156 valence electrons. The minimum atomic E-state index is -0.474. The number of hydrogen-bond donors (Lipinski definition) is 2. The second-order valence-electron chi connectivity index (χ2n) is 6.49. The van der Waals surface area contributed by atoms with Gasteiger partial charge in [0.2, 0.25) is 5.95 Å². The molecule has 1 atom stereocenters. The topological polar surface area (TPSA) is 79.4 Å².